The van der Waals surface area contributed by atoms with Crippen LogP contribution in [-0.4, -0.2) is 47.4 Å². The minimum atomic E-state index is -0.660. The van der Waals surface area contributed by atoms with E-state index in [4.69, 9.17) is 4.74 Å². The largest absolute Gasteiger partial charge is 0.466 e. The first-order chi connectivity index (χ1) is 45.0. The highest BCUT2D eigenvalue weighted by atomic mass is 16.5. The van der Waals surface area contributed by atoms with Crippen molar-refractivity contribution in [3.05, 3.63) is 24.3 Å². The molecule has 0 aliphatic heterocycles. The molecule has 6 heteroatoms. The number of carbonyl (C=O) groups excluding carboxylic acids is 2. The first-order valence-corrected chi connectivity index (χ1v) is 42.1. The Hall–Kier alpha value is -1.66. The average Bonchev–Trinajstić information content (AvgIpc) is 3.73. The van der Waals surface area contributed by atoms with Gasteiger partial charge in [0.15, 0.2) is 0 Å². The number of carbonyl (C=O) groups is 2. The van der Waals surface area contributed by atoms with Crippen molar-refractivity contribution in [3.8, 4) is 0 Å². The molecule has 0 heterocycles. The highest BCUT2D eigenvalue weighted by Gasteiger charge is 2.20. The first-order valence-electron chi connectivity index (χ1n) is 42.1. The lowest BCUT2D eigenvalue weighted by Gasteiger charge is -2.22. The molecular formula is C85H165NO5. The predicted octanol–water partition coefficient (Wildman–Crippen LogP) is 28.0. The van der Waals surface area contributed by atoms with Crippen LogP contribution >= 0.6 is 0 Å². The fourth-order valence-electron chi connectivity index (χ4n) is 13.6. The summed E-state index contributed by atoms with van der Waals surface area (Å²) in [5.74, 6) is -0.00650. The summed E-state index contributed by atoms with van der Waals surface area (Å²) in [6, 6.07) is -0.537. The molecule has 1 amide bonds. The van der Waals surface area contributed by atoms with Gasteiger partial charge < -0.3 is 20.3 Å². The Kier molecular flexibility index (Phi) is 79.3. The Labute approximate surface area is 571 Å². The van der Waals surface area contributed by atoms with E-state index >= 15 is 0 Å². The van der Waals surface area contributed by atoms with Gasteiger partial charge in [0.05, 0.1) is 25.4 Å². The molecule has 2 unspecified atom stereocenters. The topological polar surface area (TPSA) is 95.9 Å². The predicted molar refractivity (Wildman–Crippen MR) is 403 cm³/mol. The average molecular weight is 1280 g/mol. The molecule has 0 fully saturated rings. The van der Waals surface area contributed by atoms with Crippen LogP contribution in [0.1, 0.15) is 483 Å². The Morgan fingerprint density at radius 3 is 0.846 bits per heavy atom. The lowest BCUT2D eigenvalue weighted by atomic mass is 10.0. The van der Waals surface area contributed by atoms with Gasteiger partial charge in [0, 0.05) is 12.8 Å². The molecule has 0 aromatic heterocycles. The van der Waals surface area contributed by atoms with Crippen molar-refractivity contribution >= 4 is 11.9 Å². The van der Waals surface area contributed by atoms with Crippen LogP contribution in [0.15, 0.2) is 24.3 Å². The summed E-state index contributed by atoms with van der Waals surface area (Å²) in [4.78, 5) is 24.7. The zero-order chi connectivity index (χ0) is 65.6. The van der Waals surface area contributed by atoms with Crippen molar-refractivity contribution in [1.29, 1.82) is 0 Å². The molecule has 0 aliphatic rings. The molecule has 0 saturated carbocycles. The van der Waals surface area contributed by atoms with E-state index in [0.29, 0.717) is 25.9 Å². The number of nitrogens with one attached hydrogen (secondary N) is 1. The molecule has 0 bridgehead atoms. The quantitative estimate of drug-likeness (QED) is 0.0320. The van der Waals surface area contributed by atoms with Gasteiger partial charge in [-0.2, -0.15) is 0 Å². The SMILES string of the molecule is CCCCCC/C=C\C/C=C\CCCCCCCCCC(=O)OCCCCCCCCCCCCCCCCCCCCCCCCCCCCCCCCCCCCCCCCCC(=O)NC(CO)C(O)CCCCCCCCCCCCCCCCCCC. The molecule has 0 aromatic carbocycles. The van der Waals surface area contributed by atoms with Gasteiger partial charge in [-0.25, -0.2) is 0 Å². The van der Waals surface area contributed by atoms with Gasteiger partial charge in [-0.1, -0.05) is 436 Å². The van der Waals surface area contributed by atoms with Crippen LogP contribution in [0.5, 0.6) is 0 Å². The smallest absolute Gasteiger partial charge is 0.305 e. The van der Waals surface area contributed by atoms with Crippen LogP contribution < -0.4 is 5.32 Å². The molecule has 91 heavy (non-hydrogen) atoms. The van der Waals surface area contributed by atoms with E-state index in [-0.39, 0.29) is 18.5 Å². The fraction of sp³-hybridized carbons (Fsp3) is 0.929. The molecule has 2 atom stereocenters. The van der Waals surface area contributed by atoms with E-state index in [0.717, 1.165) is 51.4 Å². The van der Waals surface area contributed by atoms with E-state index in [1.807, 2.05) is 0 Å². The molecule has 0 aromatic rings. The lowest BCUT2D eigenvalue weighted by molar-refractivity contribution is -0.143. The van der Waals surface area contributed by atoms with Crippen LogP contribution in [0.3, 0.4) is 0 Å². The van der Waals surface area contributed by atoms with Crippen molar-refractivity contribution in [2.24, 2.45) is 0 Å². The van der Waals surface area contributed by atoms with Gasteiger partial charge in [0.1, 0.15) is 0 Å². The van der Waals surface area contributed by atoms with E-state index in [1.165, 1.54) is 398 Å². The molecule has 0 radical (unpaired) electrons. The van der Waals surface area contributed by atoms with Crippen molar-refractivity contribution < 1.29 is 24.5 Å². The molecule has 0 spiro atoms. The van der Waals surface area contributed by atoms with Crippen LogP contribution in [0.2, 0.25) is 0 Å². The number of ether oxygens (including phenoxy) is 1. The zero-order valence-electron chi connectivity index (χ0n) is 62.1. The number of amides is 1. The van der Waals surface area contributed by atoms with Crippen molar-refractivity contribution in [2.45, 2.75) is 495 Å². The standard InChI is InChI=1S/C85H165NO5/c1-3-5-7-9-11-13-15-17-19-21-47-51-55-59-63-67-71-75-79-85(90)91-80-76-72-68-64-60-56-52-48-44-42-40-38-36-34-32-30-28-26-24-22-23-25-27-29-31-33-35-37-39-41-43-46-50-54-58-62-66-70-74-78-84(89)86-82(81-87)83(88)77-73-69-65-61-57-53-49-45-20-18-16-14-12-10-8-6-4-2/h13,15,19,21,82-83,87-88H,3-12,14,16-18,20,22-81H2,1-2H3,(H,86,89)/b15-13-,21-19-. The second-order valence-electron chi connectivity index (χ2n) is 29.2. The van der Waals surface area contributed by atoms with Crippen LogP contribution in [0.25, 0.3) is 0 Å². The van der Waals surface area contributed by atoms with Crippen molar-refractivity contribution in [1.82, 2.24) is 5.32 Å². The number of rotatable bonds is 80. The van der Waals surface area contributed by atoms with Crippen LogP contribution in [0, 0.1) is 0 Å². The van der Waals surface area contributed by atoms with Crippen LogP contribution in [-0.2, 0) is 14.3 Å². The first kappa shape index (κ1) is 89.3. The monoisotopic (exact) mass is 1280 g/mol. The van der Waals surface area contributed by atoms with E-state index in [1.54, 1.807) is 0 Å². The molecule has 540 valence electrons. The second kappa shape index (κ2) is 80.8. The molecule has 6 nitrogen and oxygen atoms in total. The highest BCUT2D eigenvalue weighted by Crippen LogP contribution is 2.21. The maximum absolute atomic E-state index is 12.5. The lowest BCUT2D eigenvalue weighted by Crippen LogP contribution is -2.45. The summed E-state index contributed by atoms with van der Waals surface area (Å²) in [7, 11) is 0. The number of esters is 1. The summed E-state index contributed by atoms with van der Waals surface area (Å²) in [6.07, 6.45) is 104. The number of unbranched alkanes of at least 4 members (excludes halogenated alkanes) is 65. The summed E-state index contributed by atoms with van der Waals surface area (Å²) in [5, 5.41) is 23.4. The molecule has 0 saturated heterocycles. The third-order valence-corrected chi connectivity index (χ3v) is 20.0. The number of aliphatic hydroxyl groups is 2. The Morgan fingerprint density at radius 1 is 0.308 bits per heavy atom. The summed E-state index contributed by atoms with van der Waals surface area (Å²) < 4.78 is 5.51. The van der Waals surface area contributed by atoms with E-state index in [2.05, 4.69) is 43.5 Å². The summed E-state index contributed by atoms with van der Waals surface area (Å²) >= 11 is 0. The molecular weight excluding hydrogens is 1110 g/mol. The molecule has 0 aliphatic carbocycles. The van der Waals surface area contributed by atoms with Gasteiger partial charge in [-0.05, 0) is 57.8 Å². The number of allylic oxidation sites excluding steroid dienone is 4. The van der Waals surface area contributed by atoms with Crippen LogP contribution in [0.4, 0.5) is 0 Å². The summed E-state index contributed by atoms with van der Waals surface area (Å²) in [6.45, 7) is 4.99. The Balaban J connectivity index is 3.28. The third-order valence-electron chi connectivity index (χ3n) is 20.0. The number of hydrogen-bond donors (Lipinski definition) is 3. The van der Waals surface area contributed by atoms with Gasteiger partial charge >= 0.3 is 5.97 Å². The van der Waals surface area contributed by atoms with Gasteiger partial charge in [0.2, 0.25) is 5.91 Å². The Bertz CT molecular complexity index is 1430. The van der Waals surface area contributed by atoms with Gasteiger partial charge in [-0.3, -0.25) is 9.59 Å². The maximum atomic E-state index is 12.5. The van der Waals surface area contributed by atoms with Gasteiger partial charge in [-0.15, -0.1) is 0 Å². The van der Waals surface area contributed by atoms with Crippen molar-refractivity contribution in [3.63, 3.8) is 0 Å². The normalized spacial score (nSPS) is 12.5. The minimum absolute atomic E-state index is 0.0177. The van der Waals surface area contributed by atoms with E-state index < -0.39 is 12.1 Å². The minimum Gasteiger partial charge on any atom is -0.466 e. The number of aliphatic hydroxyl groups excluding tert-OH is 2. The maximum Gasteiger partial charge on any atom is 0.305 e. The molecule has 3 N–H and O–H groups in total. The van der Waals surface area contributed by atoms with E-state index in [9.17, 15) is 19.8 Å². The van der Waals surface area contributed by atoms with Crippen molar-refractivity contribution in [2.75, 3.05) is 13.2 Å². The molecule has 0 rings (SSSR count). The third kappa shape index (κ3) is 77.2. The summed E-state index contributed by atoms with van der Waals surface area (Å²) in [5.41, 5.74) is 0. The van der Waals surface area contributed by atoms with Gasteiger partial charge in [0.25, 0.3) is 0 Å². The Morgan fingerprint density at radius 2 is 0.549 bits per heavy atom. The fourth-order valence-corrected chi connectivity index (χ4v) is 13.6. The second-order valence-corrected chi connectivity index (χ2v) is 29.2. The zero-order valence-corrected chi connectivity index (χ0v) is 62.1. The number of hydrogen-bond acceptors (Lipinski definition) is 5. The highest BCUT2D eigenvalue weighted by molar-refractivity contribution is 5.76.